The second-order valence-corrected chi connectivity index (χ2v) is 6.44. The van der Waals surface area contributed by atoms with Crippen molar-refractivity contribution in [3.8, 4) is 11.4 Å². The van der Waals surface area contributed by atoms with Gasteiger partial charge in [0.2, 0.25) is 11.3 Å². The number of hydrogen-bond donors (Lipinski definition) is 0. The van der Waals surface area contributed by atoms with E-state index in [0.29, 0.717) is 17.9 Å². The quantitative estimate of drug-likeness (QED) is 0.479. The van der Waals surface area contributed by atoms with Crippen LogP contribution in [0, 0.1) is 0 Å². The van der Waals surface area contributed by atoms with Gasteiger partial charge in [0.15, 0.2) is 0 Å². The van der Waals surface area contributed by atoms with Crippen LogP contribution in [0.2, 0.25) is 0 Å². The van der Waals surface area contributed by atoms with Crippen LogP contribution in [0.4, 0.5) is 0 Å². The van der Waals surface area contributed by atoms with E-state index >= 15 is 0 Å². The van der Waals surface area contributed by atoms with Gasteiger partial charge < -0.3 is 5.01 Å². The predicted molar refractivity (Wildman–Crippen MR) is 102 cm³/mol. The third-order valence-corrected chi connectivity index (χ3v) is 3.89. The monoisotopic (exact) mass is 366 g/mol. The fourth-order valence-electron chi connectivity index (χ4n) is 2.52. The second-order valence-electron chi connectivity index (χ2n) is 6.44. The molecule has 2 aromatic heterocycles. The van der Waals surface area contributed by atoms with Crippen molar-refractivity contribution in [2.45, 2.75) is 19.4 Å². The number of hydrazone groups is 1. The maximum absolute atomic E-state index is 12.3. The first-order chi connectivity index (χ1) is 12.9. The molecule has 1 unspecified atom stereocenters. The molecule has 0 N–H and O–H groups in total. The van der Waals surface area contributed by atoms with Crippen molar-refractivity contribution in [2.75, 3.05) is 14.1 Å². The normalized spacial score (nSPS) is 12.4. The smallest absolute Gasteiger partial charge is 0.204 e. The molecular formula is C18H22N8O. The Morgan fingerprint density at radius 3 is 2.78 bits per heavy atom. The standard InChI is InChI=1S/C18H22N8O/c1-13(12-19-24(2)3)26-9-8-17(27)16(21-26)11-14-6-5-7-15(10-14)18-20-23-25(4)22-18/h5-10,12-13H,11H2,1-4H3. The minimum atomic E-state index is -0.0916. The lowest BCUT2D eigenvalue weighted by atomic mass is 10.1. The van der Waals surface area contributed by atoms with E-state index in [9.17, 15) is 4.79 Å². The highest BCUT2D eigenvalue weighted by molar-refractivity contribution is 5.61. The average Bonchev–Trinajstić information content (AvgIpc) is 3.08. The molecule has 0 radical (unpaired) electrons. The maximum atomic E-state index is 12.3. The molecule has 27 heavy (non-hydrogen) atoms. The molecule has 1 aromatic carbocycles. The van der Waals surface area contributed by atoms with Crippen LogP contribution >= 0.6 is 0 Å². The first-order valence-corrected chi connectivity index (χ1v) is 8.55. The zero-order chi connectivity index (χ0) is 19.4. The van der Waals surface area contributed by atoms with Crippen molar-refractivity contribution >= 4 is 6.21 Å². The van der Waals surface area contributed by atoms with Gasteiger partial charge in [-0.15, -0.1) is 10.2 Å². The Bertz CT molecular complexity index is 1000. The molecule has 0 spiro atoms. The molecule has 2 heterocycles. The van der Waals surface area contributed by atoms with E-state index in [4.69, 9.17) is 0 Å². The van der Waals surface area contributed by atoms with Crippen molar-refractivity contribution in [3.63, 3.8) is 0 Å². The van der Waals surface area contributed by atoms with Crippen LogP contribution in [0.15, 0.2) is 46.4 Å². The summed E-state index contributed by atoms with van der Waals surface area (Å²) >= 11 is 0. The molecule has 9 heteroatoms. The summed E-state index contributed by atoms with van der Waals surface area (Å²) < 4.78 is 1.73. The number of tetrazole rings is 1. The molecule has 3 rings (SSSR count). The molecule has 0 saturated heterocycles. The van der Waals surface area contributed by atoms with Crippen LogP contribution in [0.25, 0.3) is 11.4 Å². The van der Waals surface area contributed by atoms with Gasteiger partial charge >= 0.3 is 0 Å². The van der Waals surface area contributed by atoms with Gasteiger partial charge in [-0.25, -0.2) is 0 Å². The number of aryl methyl sites for hydroxylation is 1. The Hall–Kier alpha value is -3.36. The van der Waals surface area contributed by atoms with Crippen molar-refractivity contribution in [1.29, 1.82) is 0 Å². The van der Waals surface area contributed by atoms with Crippen molar-refractivity contribution in [3.05, 3.63) is 58.0 Å². The number of nitrogens with zero attached hydrogens (tertiary/aromatic N) is 8. The van der Waals surface area contributed by atoms with E-state index in [0.717, 1.165) is 11.1 Å². The van der Waals surface area contributed by atoms with Crippen molar-refractivity contribution in [1.82, 2.24) is 35.0 Å². The Labute approximate surface area is 156 Å². The molecule has 0 aliphatic carbocycles. The summed E-state index contributed by atoms with van der Waals surface area (Å²) in [7, 11) is 5.43. The summed E-state index contributed by atoms with van der Waals surface area (Å²) in [5.74, 6) is 0.548. The van der Waals surface area contributed by atoms with Crippen molar-refractivity contribution in [2.24, 2.45) is 12.1 Å². The van der Waals surface area contributed by atoms with Crippen LogP contribution in [-0.4, -0.2) is 55.3 Å². The topological polar surface area (TPSA) is 94.1 Å². The molecule has 0 bridgehead atoms. The van der Waals surface area contributed by atoms with E-state index in [1.165, 1.54) is 10.9 Å². The van der Waals surface area contributed by atoms with Crippen molar-refractivity contribution < 1.29 is 0 Å². The number of benzene rings is 1. The molecule has 0 fully saturated rings. The minimum Gasteiger partial charge on any atom is -0.303 e. The third-order valence-electron chi connectivity index (χ3n) is 3.89. The van der Waals surface area contributed by atoms with Gasteiger partial charge in [0.1, 0.15) is 5.69 Å². The highest BCUT2D eigenvalue weighted by Gasteiger charge is 2.10. The van der Waals surface area contributed by atoms with Crippen LogP contribution in [0.5, 0.6) is 0 Å². The Kier molecular flexibility index (Phi) is 5.39. The number of hydrogen-bond acceptors (Lipinski definition) is 7. The SMILES string of the molecule is CC(C=NN(C)C)n1ccc(=O)c(Cc2cccc(-c3nnn(C)n3)c2)n1. The lowest BCUT2D eigenvalue weighted by Crippen LogP contribution is -2.20. The van der Waals surface area contributed by atoms with E-state index in [2.05, 4.69) is 25.6 Å². The van der Waals surface area contributed by atoms with Gasteiger partial charge in [-0.05, 0) is 23.8 Å². The molecular weight excluding hydrogens is 344 g/mol. The van der Waals surface area contributed by atoms with Gasteiger partial charge in [-0.3, -0.25) is 9.48 Å². The zero-order valence-electron chi connectivity index (χ0n) is 15.8. The van der Waals surface area contributed by atoms with Gasteiger partial charge in [-0.2, -0.15) is 15.0 Å². The molecule has 0 aliphatic rings. The summed E-state index contributed by atoms with van der Waals surface area (Å²) in [6, 6.07) is 9.20. The summed E-state index contributed by atoms with van der Waals surface area (Å²) in [4.78, 5) is 13.7. The fourth-order valence-corrected chi connectivity index (χ4v) is 2.52. The molecule has 1 atom stereocenters. The van der Waals surface area contributed by atoms with Crippen LogP contribution in [0.1, 0.15) is 24.2 Å². The van der Waals surface area contributed by atoms with E-state index in [1.807, 2.05) is 45.3 Å². The number of aromatic nitrogens is 6. The van der Waals surface area contributed by atoms with Gasteiger partial charge in [0.25, 0.3) is 0 Å². The summed E-state index contributed by atoms with van der Waals surface area (Å²) in [6.45, 7) is 1.97. The Morgan fingerprint density at radius 2 is 2.07 bits per heavy atom. The van der Waals surface area contributed by atoms with E-state index in [-0.39, 0.29) is 11.5 Å². The third kappa shape index (κ3) is 4.63. The number of rotatable bonds is 6. The zero-order valence-corrected chi connectivity index (χ0v) is 15.8. The van der Waals surface area contributed by atoms with Gasteiger partial charge in [0, 0.05) is 44.6 Å². The van der Waals surface area contributed by atoms with Crippen LogP contribution in [-0.2, 0) is 13.5 Å². The van der Waals surface area contributed by atoms with Crippen LogP contribution in [0.3, 0.4) is 0 Å². The summed E-state index contributed by atoms with van der Waals surface area (Å²) in [6.07, 6.45) is 3.88. The first-order valence-electron chi connectivity index (χ1n) is 8.55. The first kappa shape index (κ1) is 18.4. The Morgan fingerprint density at radius 1 is 1.26 bits per heavy atom. The average molecular weight is 366 g/mol. The van der Waals surface area contributed by atoms with E-state index in [1.54, 1.807) is 29.1 Å². The maximum Gasteiger partial charge on any atom is 0.204 e. The lowest BCUT2D eigenvalue weighted by Gasteiger charge is -2.12. The highest BCUT2D eigenvalue weighted by Crippen LogP contribution is 2.16. The molecule has 0 amide bonds. The highest BCUT2D eigenvalue weighted by atomic mass is 16.1. The molecule has 0 aliphatic heterocycles. The lowest BCUT2D eigenvalue weighted by molar-refractivity contribution is 0.434. The van der Waals surface area contributed by atoms with E-state index < -0.39 is 0 Å². The fraction of sp³-hybridized carbons (Fsp3) is 0.333. The largest absolute Gasteiger partial charge is 0.303 e. The van der Waals surface area contributed by atoms with Crippen LogP contribution < -0.4 is 5.43 Å². The Balaban J connectivity index is 1.85. The molecule has 0 saturated carbocycles. The molecule has 140 valence electrons. The molecule has 3 aromatic rings. The minimum absolute atomic E-state index is 0.0677. The molecule has 9 nitrogen and oxygen atoms in total. The van der Waals surface area contributed by atoms with Gasteiger partial charge in [0.05, 0.1) is 13.1 Å². The predicted octanol–water partition coefficient (Wildman–Crippen LogP) is 1.13. The summed E-state index contributed by atoms with van der Waals surface area (Å²) in [5.41, 5.74) is 2.19. The second kappa shape index (κ2) is 7.90. The van der Waals surface area contributed by atoms with Gasteiger partial charge in [-0.1, -0.05) is 18.2 Å². The summed E-state index contributed by atoms with van der Waals surface area (Å²) in [5, 5.41) is 22.5.